The molecule has 1 nitrogen and oxygen atoms in total. The Morgan fingerprint density at radius 3 is 2.54 bits per heavy atom. The summed E-state index contributed by atoms with van der Waals surface area (Å²) in [5.41, 5.74) is 6.89. The molecular formula is C10H14FNS. The predicted molar refractivity (Wildman–Crippen MR) is 56.3 cm³/mol. The topological polar surface area (TPSA) is 26.0 Å². The molecule has 0 amide bonds. The molecular weight excluding hydrogens is 185 g/mol. The maximum atomic E-state index is 12.6. The molecule has 3 heteroatoms. The fourth-order valence-corrected chi connectivity index (χ4v) is 1.73. The third-order valence-electron chi connectivity index (χ3n) is 1.80. The maximum Gasteiger partial charge on any atom is 0.123 e. The van der Waals surface area contributed by atoms with Crippen LogP contribution in [0.1, 0.15) is 18.5 Å². The lowest BCUT2D eigenvalue weighted by Gasteiger charge is -2.10. The Bertz CT molecular complexity index is 248. The summed E-state index contributed by atoms with van der Waals surface area (Å²) in [7, 11) is 0. The van der Waals surface area contributed by atoms with Crippen LogP contribution in [-0.4, -0.2) is 11.5 Å². The SMILES string of the molecule is CCSCC(N)c1ccc(F)cc1. The first kappa shape index (κ1) is 10.5. The van der Waals surface area contributed by atoms with Crippen molar-refractivity contribution in [3.63, 3.8) is 0 Å². The molecule has 1 atom stereocenters. The van der Waals surface area contributed by atoms with E-state index in [9.17, 15) is 4.39 Å². The van der Waals surface area contributed by atoms with Gasteiger partial charge in [-0.3, -0.25) is 0 Å². The summed E-state index contributed by atoms with van der Waals surface area (Å²) >= 11 is 1.80. The van der Waals surface area contributed by atoms with Crippen molar-refractivity contribution in [2.24, 2.45) is 5.73 Å². The van der Waals surface area contributed by atoms with Gasteiger partial charge in [0, 0.05) is 11.8 Å². The zero-order chi connectivity index (χ0) is 9.68. The molecule has 0 aliphatic carbocycles. The summed E-state index contributed by atoms with van der Waals surface area (Å²) in [6.07, 6.45) is 0. The van der Waals surface area contributed by atoms with Crippen LogP contribution in [0.15, 0.2) is 24.3 Å². The van der Waals surface area contributed by atoms with Crippen LogP contribution in [0.5, 0.6) is 0 Å². The number of hydrogen-bond acceptors (Lipinski definition) is 2. The van der Waals surface area contributed by atoms with Crippen LogP contribution in [0.25, 0.3) is 0 Å². The van der Waals surface area contributed by atoms with Crippen molar-refractivity contribution in [3.8, 4) is 0 Å². The summed E-state index contributed by atoms with van der Waals surface area (Å²) < 4.78 is 12.6. The molecule has 2 N–H and O–H groups in total. The van der Waals surface area contributed by atoms with E-state index in [1.54, 1.807) is 23.9 Å². The number of rotatable bonds is 4. The van der Waals surface area contributed by atoms with Gasteiger partial charge in [-0.1, -0.05) is 19.1 Å². The van der Waals surface area contributed by atoms with Gasteiger partial charge in [-0.15, -0.1) is 0 Å². The largest absolute Gasteiger partial charge is 0.323 e. The van der Waals surface area contributed by atoms with E-state index in [1.807, 2.05) is 0 Å². The summed E-state index contributed by atoms with van der Waals surface area (Å²) in [6.45, 7) is 2.10. The zero-order valence-corrected chi connectivity index (χ0v) is 8.48. The van der Waals surface area contributed by atoms with Gasteiger partial charge in [-0.05, 0) is 23.4 Å². The van der Waals surface area contributed by atoms with Crippen molar-refractivity contribution < 1.29 is 4.39 Å². The molecule has 0 spiro atoms. The van der Waals surface area contributed by atoms with E-state index in [1.165, 1.54) is 12.1 Å². The molecule has 0 heterocycles. The number of hydrogen-bond donors (Lipinski definition) is 1. The van der Waals surface area contributed by atoms with Gasteiger partial charge in [-0.25, -0.2) is 4.39 Å². The lowest BCUT2D eigenvalue weighted by atomic mass is 10.1. The second-order valence-corrected chi connectivity index (χ2v) is 4.14. The molecule has 1 rings (SSSR count). The minimum Gasteiger partial charge on any atom is -0.323 e. The van der Waals surface area contributed by atoms with E-state index in [-0.39, 0.29) is 11.9 Å². The highest BCUT2D eigenvalue weighted by atomic mass is 32.2. The van der Waals surface area contributed by atoms with Gasteiger partial charge in [-0.2, -0.15) is 11.8 Å². The molecule has 0 aliphatic heterocycles. The zero-order valence-electron chi connectivity index (χ0n) is 7.66. The van der Waals surface area contributed by atoms with Crippen LogP contribution in [0.4, 0.5) is 4.39 Å². The van der Waals surface area contributed by atoms with Crippen molar-refractivity contribution in [2.75, 3.05) is 11.5 Å². The molecule has 1 aromatic carbocycles. The second kappa shape index (κ2) is 5.25. The van der Waals surface area contributed by atoms with E-state index < -0.39 is 0 Å². The highest BCUT2D eigenvalue weighted by Gasteiger charge is 2.04. The first-order chi connectivity index (χ1) is 6.24. The molecule has 13 heavy (non-hydrogen) atoms. The van der Waals surface area contributed by atoms with Gasteiger partial charge >= 0.3 is 0 Å². The van der Waals surface area contributed by atoms with Gasteiger partial charge in [0.15, 0.2) is 0 Å². The normalized spacial score (nSPS) is 12.8. The summed E-state index contributed by atoms with van der Waals surface area (Å²) in [5, 5.41) is 0. The lowest BCUT2D eigenvalue weighted by Crippen LogP contribution is -2.12. The fraction of sp³-hybridized carbons (Fsp3) is 0.400. The molecule has 0 aromatic heterocycles. The third-order valence-corrected chi connectivity index (χ3v) is 2.80. The van der Waals surface area contributed by atoms with Crippen LogP contribution in [-0.2, 0) is 0 Å². The van der Waals surface area contributed by atoms with E-state index >= 15 is 0 Å². The van der Waals surface area contributed by atoms with E-state index in [0.29, 0.717) is 0 Å². The minimum absolute atomic E-state index is 0.0190. The molecule has 0 fully saturated rings. The van der Waals surface area contributed by atoms with Gasteiger partial charge in [0.05, 0.1) is 0 Å². The highest BCUT2D eigenvalue weighted by molar-refractivity contribution is 7.99. The summed E-state index contributed by atoms with van der Waals surface area (Å²) in [4.78, 5) is 0. The molecule has 0 saturated heterocycles. The quantitative estimate of drug-likeness (QED) is 0.806. The number of nitrogens with two attached hydrogens (primary N) is 1. The maximum absolute atomic E-state index is 12.6. The molecule has 1 unspecified atom stereocenters. The van der Waals surface area contributed by atoms with Crippen LogP contribution in [0.2, 0.25) is 0 Å². The Balaban J connectivity index is 2.55. The van der Waals surface area contributed by atoms with Crippen molar-refractivity contribution in [2.45, 2.75) is 13.0 Å². The first-order valence-corrected chi connectivity index (χ1v) is 5.48. The van der Waals surface area contributed by atoms with Gasteiger partial charge < -0.3 is 5.73 Å². The van der Waals surface area contributed by atoms with E-state index in [0.717, 1.165) is 17.1 Å². The summed E-state index contributed by atoms with van der Waals surface area (Å²) in [6, 6.07) is 6.41. The Kier molecular flexibility index (Phi) is 4.25. The van der Waals surface area contributed by atoms with Crippen molar-refractivity contribution in [3.05, 3.63) is 35.6 Å². The van der Waals surface area contributed by atoms with E-state index in [4.69, 9.17) is 5.73 Å². The van der Waals surface area contributed by atoms with Crippen LogP contribution in [0.3, 0.4) is 0 Å². The van der Waals surface area contributed by atoms with Crippen molar-refractivity contribution >= 4 is 11.8 Å². The first-order valence-electron chi connectivity index (χ1n) is 4.33. The molecule has 72 valence electrons. The average Bonchev–Trinajstić information content (AvgIpc) is 2.15. The Hall–Kier alpha value is -0.540. The average molecular weight is 199 g/mol. The van der Waals surface area contributed by atoms with Crippen LogP contribution >= 0.6 is 11.8 Å². The van der Waals surface area contributed by atoms with Gasteiger partial charge in [0.25, 0.3) is 0 Å². The van der Waals surface area contributed by atoms with Gasteiger partial charge in [0.2, 0.25) is 0 Å². The smallest absolute Gasteiger partial charge is 0.123 e. The number of halogens is 1. The van der Waals surface area contributed by atoms with Crippen LogP contribution in [0, 0.1) is 5.82 Å². The van der Waals surface area contributed by atoms with Crippen molar-refractivity contribution in [1.82, 2.24) is 0 Å². The number of benzene rings is 1. The minimum atomic E-state index is -0.209. The molecule has 0 aliphatic rings. The fourth-order valence-electron chi connectivity index (χ4n) is 1.05. The second-order valence-electron chi connectivity index (χ2n) is 2.82. The Morgan fingerprint density at radius 2 is 2.00 bits per heavy atom. The molecule has 1 aromatic rings. The Morgan fingerprint density at radius 1 is 1.38 bits per heavy atom. The highest BCUT2D eigenvalue weighted by Crippen LogP contribution is 2.15. The molecule has 0 radical (unpaired) electrons. The number of thioether (sulfide) groups is 1. The van der Waals surface area contributed by atoms with Gasteiger partial charge in [0.1, 0.15) is 5.82 Å². The predicted octanol–water partition coefficient (Wildman–Crippen LogP) is 2.58. The molecule has 0 saturated carbocycles. The lowest BCUT2D eigenvalue weighted by molar-refractivity contribution is 0.626. The Labute approximate surface area is 82.5 Å². The van der Waals surface area contributed by atoms with E-state index in [2.05, 4.69) is 6.92 Å². The third kappa shape index (κ3) is 3.36. The summed E-state index contributed by atoms with van der Waals surface area (Å²) in [5.74, 6) is 1.75. The molecule has 0 bridgehead atoms. The van der Waals surface area contributed by atoms with Crippen LogP contribution < -0.4 is 5.73 Å². The van der Waals surface area contributed by atoms with Crippen molar-refractivity contribution in [1.29, 1.82) is 0 Å². The monoisotopic (exact) mass is 199 g/mol. The standard InChI is InChI=1S/C10H14FNS/c1-2-13-7-10(12)8-3-5-9(11)6-4-8/h3-6,10H,2,7,12H2,1H3.